The van der Waals surface area contributed by atoms with E-state index >= 15 is 0 Å². The molecule has 0 bridgehead atoms. The van der Waals surface area contributed by atoms with E-state index < -0.39 is 20.0 Å². The van der Waals surface area contributed by atoms with Gasteiger partial charge in [0.2, 0.25) is 0 Å². The monoisotopic (exact) mass is 416 g/mol. The highest BCUT2D eigenvalue weighted by Gasteiger charge is 2.26. The first-order valence-corrected chi connectivity index (χ1v) is 11.4. The average molecular weight is 417 g/mol. The van der Waals surface area contributed by atoms with Crippen LogP contribution >= 0.6 is 0 Å². The van der Waals surface area contributed by atoms with E-state index in [1.54, 1.807) is 48.5 Å². The highest BCUT2D eigenvalue weighted by Crippen LogP contribution is 2.25. The van der Waals surface area contributed by atoms with Crippen molar-refractivity contribution in [2.75, 3.05) is 9.44 Å². The topological polar surface area (TPSA) is 92.3 Å². The molecular formula is C20H20N2O4S2. The summed E-state index contributed by atoms with van der Waals surface area (Å²) in [5, 5.41) is 0. The van der Waals surface area contributed by atoms with Gasteiger partial charge in [0.05, 0.1) is 0 Å². The van der Waals surface area contributed by atoms with E-state index in [1.165, 1.54) is 24.3 Å². The summed E-state index contributed by atoms with van der Waals surface area (Å²) in [6, 6.07) is 19.0. The first-order chi connectivity index (χ1) is 13.2. The molecule has 6 nitrogen and oxygen atoms in total. The van der Waals surface area contributed by atoms with Crippen LogP contribution in [0.1, 0.15) is 11.1 Å². The van der Waals surface area contributed by atoms with Crippen molar-refractivity contribution in [1.29, 1.82) is 0 Å². The quantitative estimate of drug-likeness (QED) is 0.637. The molecule has 0 atom stereocenters. The molecule has 0 aromatic heterocycles. The fourth-order valence-electron chi connectivity index (χ4n) is 2.56. The molecule has 0 aliphatic heterocycles. The Kier molecular flexibility index (Phi) is 5.44. The largest absolute Gasteiger partial charge is 0.280 e. The molecule has 0 unspecified atom stereocenters. The second-order valence-electron chi connectivity index (χ2n) is 6.39. The highest BCUT2D eigenvalue weighted by atomic mass is 32.2. The lowest BCUT2D eigenvalue weighted by molar-refractivity contribution is 0.588. The van der Waals surface area contributed by atoms with E-state index in [0.29, 0.717) is 11.4 Å². The van der Waals surface area contributed by atoms with Gasteiger partial charge in [-0.1, -0.05) is 47.5 Å². The van der Waals surface area contributed by atoms with Crippen molar-refractivity contribution in [1.82, 2.24) is 0 Å². The maximum atomic E-state index is 12.8. The summed E-state index contributed by atoms with van der Waals surface area (Å²) in [5.41, 5.74) is 2.66. The molecule has 3 aromatic carbocycles. The van der Waals surface area contributed by atoms with E-state index in [9.17, 15) is 16.8 Å². The summed E-state index contributed by atoms with van der Waals surface area (Å²) in [4.78, 5) is -0.648. The van der Waals surface area contributed by atoms with Crippen molar-refractivity contribution >= 4 is 31.4 Å². The van der Waals surface area contributed by atoms with Gasteiger partial charge in [-0.2, -0.15) is 0 Å². The summed E-state index contributed by atoms with van der Waals surface area (Å²) in [6.45, 7) is 3.77. The van der Waals surface area contributed by atoms with Crippen LogP contribution in [-0.2, 0) is 20.0 Å². The van der Waals surface area contributed by atoms with Crippen molar-refractivity contribution in [3.8, 4) is 0 Å². The second kappa shape index (κ2) is 7.65. The Hall–Kier alpha value is -2.84. The van der Waals surface area contributed by atoms with Gasteiger partial charge in [0.1, 0.15) is 9.79 Å². The Morgan fingerprint density at radius 1 is 0.536 bits per heavy atom. The van der Waals surface area contributed by atoms with Gasteiger partial charge >= 0.3 is 0 Å². The molecule has 0 amide bonds. The molecule has 3 rings (SSSR count). The van der Waals surface area contributed by atoms with Crippen LogP contribution in [0.3, 0.4) is 0 Å². The molecule has 0 saturated heterocycles. The van der Waals surface area contributed by atoms with Crippen molar-refractivity contribution in [2.45, 2.75) is 23.6 Å². The Labute approximate surface area is 165 Å². The van der Waals surface area contributed by atoms with Gasteiger partial charge in [0.25, 0.3) is 20.0 Å². The fraction of sp³-hybridized carbons (Fsp3) is 0.100. The van der Waals surface area contributed by atoms with Gasteiger partial charge in [-0.25, -0.2) is 16.8 Å². The SMILES string of the molecule is Cc1ccc(NS(=O)(=O)c2ccccc2S(=O)(=O)Nc2ccc(C)cc2)cc1. The van der Waals surface area contributed by atoms with Gasteiger partial charge < -0.3 is 0 Å². The number of anilines is 2. The molecule has 146 valence electrons. The van der Waals surface area contributed by atoms with Gasteiger partial charge in [-0.15, -0.1) is 0 Å². The van der Waals surface area contributed by atoms with E-state index in [-0.39, 0.29) is 9.79 Å². The standard InChI is InChI=1S/C20H20N2O4S2/c1-15-7-11-17(12-8-15)21-27(23,24)19-5-3-4-6-20(19)28(25,26)22-18-13-9-16(2)10-14-18/h3-14,21-22H,1-2H3. The number of hydrogen-bond donors (Lipinski definition) is 2. The molecule has 0 heterocycles. The normalized spacial score (nSPS) is 11.8. The Bertz CT molecular complexity index is 1090. The molecular weight excluding hydrogens is 396 g/mol. The first kappa shape index (κ1) is 19.9. The predicted molar refractivity (Wildman–Crippen MR) is 110 cm³/mol. The van der Waals surface area contributed by atoms with Crippen LogP contribution in [0, 0.1) is 13.8 Å². The third kappa shape index (κ3) is 4.52. The fourth-order valence-corrected chi connectivity index (χ4v) is 5.51. The highest BCUT2D eigenvalue weighted by molar-refractivity contribution is 7.95. The third-order valence-corrected chi connectivity index (χ3v) is 7.04. The zero-order valence-electron chi connectivity index (χ0n) is 15.4. The second-order valence-corrected chi connectivity index (χ2v) is 9.69. The number of benzene rings is 3. The van der Waals surface area contributed by atoms with Crippen molar-refractivity contribution in [3.63, 3.8) is 0 Å². The van der Waals surface area contributed by atoms with Crippen LogP contribution in [0.15, 0.2) is 82.6 Å². The molecule has 0 radical (unpaired) electrons. The van der Waals surface area contributed by atoms with Gasteiger partial charge in [0.15, 0.2) is 0 Å². The summed E-state index contributed by atoms with van der Waals surface area (Å²) >= 11 is 0. The van der Waals surface area contributed by atoms with E-state index in [0.717, 1.165) is 11.1 Å². The van der Waals surface area contributed by atoms with Crippen LogP contribution in [0.25, 0.3) is 0 Å². The van der Waals surface area contributed by atoms with Crippen molar-refractivity contribution in [3.05, 3.63) is 83.9 Å². The van der Waals surface area contributed by atoms with Gasteiger partial charge in [-0.3, -0.25) is 9.44 Å². The Balaban J connectivity index is 1.97. The Morgan fingerprint density at radius 2 is 0.857 bits per heavy atom. The zero-order chi connectivity index (χ0) is 20.4. The van der Waals surface area contributed by atoms with Gasteiger partial charge in [-0.05, 0) is 50.2 Å². The molecule has 3 aromatic rings. The van der Waals surface area contributed by atoms with Crippen LogP contribution in [0.5, 0.6) is 0 Å². The minimum absolute atomic E-state index is 0.324. The van der Waals surface area contributed by atoms with Crippen LogP contribution in [-0.4, -0.2) is 16.8 Å². The average Bonchev–Trinajstić information content (AvgIpc) is 2.65. The number of nitrogens with one attached hydrogen (secondary N) is 2. The smallest absolute Gasteiger partial charge is 0.263 e. The third-order valence-electron chi connectivity index (χ3n) is 4.04. The molecule has 2 N–H and O–H groups in total. The molecule has 0 aliphatic carbocycles. The van der Waals surface area contributed by atoms with Crippen molar-refractivity contribution < 1.29 is 16.8 Å². The van der Waals surface area contributed by atoms with Crippen LogP contribution < -0.4 is 9.44 Å². The maximum absolute atomic E-state index is 12.8. The number of aryl methyl sites for hydroxylation is 2. The number of hydrogen-bond acceptors (Lipinski definition) is 4. The lowest BCUT2D eigenvalue weighted by Crippen LogP contribution is -2.20. The summed E-state index contributed by atoms with van der Waals surface area (Å²) in [6.07, 6.45) is 0. The summed E-state index contributed by atoms with van der Waals surface area (Å²) in [5.74, 6) is 0. The molecule has 0 fully saturated rings. The minimum Gasteiger partial charge on any atom is -0.280 e. The zero-order valence-corrected chi connectivity index (χ0v) is 17.0. The predicted octanol–water partition coefficient (Wildman–Crippen LogP) is 3.91. The molecule has 28 heavy (non-hydrogen) atoms. The lowest BCUT2D eigenvalue weighted by Gasteiger charge is -2.14. The van der Waals surface area contributed by atoms with E-state index in [4.69, 9.17) is 0 Å². The van der Waals surface area contributed by atoms with Crippen LogP contribution in [0.4, 0.5) is 11.4 Å². The Morgan fingerprint density at radius 3 is 1.18 bits per heavy atom. The molecule has 8 heteroatoms. The first-order valence-electron chi connectivity index (χ1n) is 8.45. The van der Waals surface area contributed by atoms with Crippen LogP contribution in [0.2, 0.25) is 0 Å². The van der Waals surface area contributed by atoms with E-state index in [1.807, 2.05) is 13.8 Å². The molecule has 0 aliphatic rings. The minimum atomic E-state index is -4.11. The lowest BCUT2D eigenvalue weighted by atomic mass is 10.2. The number of rotatable bonds is 6. The summed E-state index contributed by atoms with van der Waals surface area (Å²) < 4.78 is 56.2. The summed E-state index contributed by atoms with van der Waals surface area (Å²) in [7, 11) is -8.22. The number of sulfonamides is 2. The van der Waals surface area contributed by atoms with E-state index in [2.05, 4.69) is 9.44 Å². The molecule has 0 saturated carbocycles. The molecule has 0 spiro atoms. The van der Waals surface area contributed by atoms with Crippen molar-refractivity contribution in [2.24, 2.45) is 0 Å². The van der Waals surface area contributed by atoms with Gasteiger partial charge in [0, 0.05) is 11.4 Å². The maximum Gasteiger partial charge on any atom is 0.263 e.